The molecule has 10 nitrogen and oxygen atoms in total. The van der Waals surface area contributed by atoms with E-state index in [1.807, 2.05) is 27.0 Å². The van der Waals surface area contributed by atoms with E-state index in [0.29, 0.717) is 72.5 Å². The number of carbonyl (C=O) groups is 1. The largest absolute Gasteiger partial charge is 0.495 e. The van der Waals surface area contributed by atoms with Gasteiger partial charge in [-0.3, -0.25) is 14.3 Å². The van der Waals surface area contributed by atoms with E-state index in [1.54, 1.807) is 27.8 Å². The summed E-state index contributed by atoms with van der Waals surface area (Å²) < 4.78 is 18.0. The highest BCUT2D eigenvalue weighted by atomic mass is 35.5. The first-order valence-corrected chi connectivity index (χ1v) is 14.7. The number of fused-ring (bicyclic) bond motifs is 1. The van der Waals surface area contributed by atoms with Crippen molar-refractivity contribution in [3.63, 3.8) is 0 Å². The molecular weight excluding hydrogens is 577 g/mol. The normalized spacial score (nSPS) is 14.4. The number of methoxy groups -OCH3 is 2. The highest BCUT2D eigenvalue weighted by Gasteiger charge is 2.27. The fraction of sp³-hybridized carbons (Fsp3) is 0.481. The maximum absolute atomic E-state index is 14.0. The van der Waals surface area contributed by atoms with E-state index in [-0.39, 0.29) is 27.3 Å². The third kappa shape index (κ3) is 6.43. The van der Waals surface area contributed by atoms with E-state index in [1.165, 1.54) is 26.0 Å². The second-order valence-electron chi connectivity index (χ2n) is 10.2. The van der Waals surface area contributed by atoms with Crippen molar-refractivity contribution in [1.29, 1.82) is 0 Å². The second kappa shape index (κ2) is 12.4. The third-order valence-corrected chi connectivity index (χ3v) is 7.81. The van der Waals surface area contributed by atoms with Crippen LogP contribution in [-0.4, -0.2) is 89.2 Å². The number of hydrogen-bond acceptors (Lipinski definition) is 9. The maximum Gasteiger partial charge on any atom is 0.410 e. The molecular formula is C27H33Cl2N5O5S. The molecule has 0 atom stereocenters. The van der Waals surface area contributed by atoms with E-state index in [4.69, 9.17) is 37.4 Å². The molecule has 1 amide bonds. The zero-order chi connectivity index (χ0) is 29.2. The fourth-order valence-corrected chi connectivity index (χ4v) is 5.51. The van der Waals surface area contributed by atoms with Crippen molar-refractivity contribution in [2.24, 2.45) is 0 Å². The molecule has 1 aliphatic rings. The van der Waals surface area contributed by atoms with Gasteiger partial charge in [-0.15, -0.1) is 0 Å². The van der Waals surface area contributed by atoms with Gasteiger partial charge in [-0.25, -0.2) is 14.8 Å². The lowest BCUT2D eigenvalue weighted by Crippen LogP contribution is -2.50. The van der Waals surface area contributed by atoms with Crippen LogP contribution in [-0.2, 0) is 11.3 Å². The first-order valence-electron chi connectivity index (χ1n) is 12.7. The minimum atomic E-state index is -0.544. The van der Waals surface area contributed by atoms with Gasteiger partial charge in [0.25, 0.3) is 5.56 Å². The van der Waals surface area contributed by atoms with Crippen molar-refractivity contribution in [3.05, 3.63) is 38.7 Å². The second-order valence-corrected chi connectivity index (χ2v) is 11.8. The average molecular weight is 611 g/mol. The van der Waals surface area contributed by atoms with Gasteiger partial charge < -0.3 is 19.1 Å². The Morgan fingerprint density at radius 2 is 1.65 bits per heavy atom. The van der Waals surface area contributed by atoms with Gasteiger partial charge in [0, 0.05) is 62.5 Å². The number of aromatic nitrogens is 3. The van der Waals surface area contributed by atoms with Crippen molar-refractivity contribution < 1.29 is 19.0 Å². The topological polar surface area (TPSA) is 99.0 Å². The maximum atomic E-state index is 14.0. The van der Waals surface area contributed by atoms with E-state index < -0.39 is 5.60 Å². The number of halogens is 2. The van der Waals surface area contributed by atoms with E-state index in [2.05, 4.69) is 14.9 Å². The molecule has 13 heteroatoms. The predicted octanol–water partition coefficient (Wildman–Crippen LogP) is 5.06. The smallest absolute Gasteiger partial charge is 0.410 e. The Hall–Kier alpha value is -2.73. The van der Waals surface area contributed by atoms with E-state index >= 15 is 0 Å². The predicted molar refractivity (Wildman–Crippen MR) is 158 cm³/mol. The van der Waals surface area contributed by atoms with Crippen LogP contribution in [0.1, 0.15) is 20.8 Å². The Morgan fingerprint density at radius 3 is 2.20 bits per heavy atom. The van der Waals surface area contributed by atoms with Crippen molar-refractivity contribution in [2.75, 3.05) is 53.2 Å². The van der Waals surface area contributed by atoms with E-state index in [9.17, 15) is 9.59 Å². The molecule has 3 heterocycles. The van der Waals surface area contributed by atoms with Crippen LogP contribution in [0.4, 0.5) is 4.79 Å². The lowest BCUT2D eigenvalue weighted by Gasteiger charge is -2.35. The summed E-state index contributed by atoms with van der Waals surface area (Å²) in [5.74, 6) is 0.668. The number of nitrogens with zero attached hydrogens (tertiary/aromatic N) is 5. The minimum absolute atomic E-state index is 0.205. The average Bonchev–Trinajstić information content (AvgIpc) is 2.92. The van der Waals surface area contributed by atoms with Crippen molar-refractivity contribution in [1.82, 2.24) is 24.3 Å². The quantitative estimate of drug-likeness (QED) is 0.269. The summed E-state index contributed by atoms with van der Waals surface area (Å²) in [4.78, 5) is 39.5. The zero-order valence-electron chi connectivity index (χ0n) is 23.4. The molecule has 0 aliphatic carbocycles. The number of hydrogen-bond donors (Lipinski definition) is 0. The lowest BCUT2D eigenvalue weighted by molar-refractivity contribution is 0.0143. The van der Waals surface area contributed by atoms with Gasteiger partial charge in [-0.1, -0.05) is 35.0 Å². The van der Waals surface area contributed by atoms with Gasteiger partial charge in [0.1, 0.15) is 22.7 Å². The van der Waals surface area contributed by atoms with Gasteiger partial charge in [-0.05, 0) is 33.1 Å². The molecule has 40 heavy (non-hydrogen) atoms. The number of amides is 1. The van der Waals surface area contributed by atoms with Crippen LogP contribution < -0.4 is 15.0 Å². The molecule has 0 unspecified atom stereocenters. The van der Waals surface area contributed by atoms with Crippen molar-refractivity contribution in [2.45, 2.75) is 38.1 Å². The van der Waals surface area contributed by atoms with E-state index in [0.717, 1.165) is 0 Å². The summed E-state index contributed by atoms with van der Waals surface area (Å²) in [6, 6.07) is 3.28. The van der Waals surface area contributed by atoms with Crippen molar-refractivity contribution >= 4 is 52.1 Å². The number of thioether (sulfide) groups is 1. The van der Waals surface area contributed by atoms with Gasteiger partial charge >= 0.3 is 6.09 Å². The van der Waals surface area contributed by atoms with Crippen LogP contribution >= 0.6 is 35.0 Å². The number of ether oxygens (including phenoxy) is 3. The minimum Gasteiger partial charge on any atom is -0.495 e. The molecule has 0 spiro atoms. The molecule has 0 saturated carbocycles. The summed E-state index contributed by atoms with van der Waals surface area (Å²) in [7, 11) is 2.97. The number of benzene rings is 1. The molecule has 216 valence electrons. The molecule has 0 N–H and O–H groups in total. The summed E-state index contributed by atoms with van der Waals surface area (Å²) in [6.45, 7) is 8.88. The molecule has 1 fully saturated rings. The summed E-state index contributed by atoms with van der Waals surface area (Å²) >= 11 is 14.8. The standard InChI is InChI=1S/C27H33Cl2N5O5S/c1-27(2,3)39-26(36)33-10-7-32(8-11-33)9-12-34-23-16(15-30-25(31-23)40-6)13-17(24(34)35)20-21(28)18(37-4)14-19(38-5)22(20)29/h13-15H,7-12H2,1-6H3. The molecule has 2 aromatic heterocycles. The first kappa shape index (κ1) is 30.2. The molecule has 0 radical (unpaired) electrons. The number of rotatable bonds is 7. The lowest BCUT2D eigenvalue weighted by atomic mass is 10.0. The third-order valence-electron chi connectivity index (χ3n) is 6.49. The molecule has 4 rings (SSSR count). The molecule has 1 aliphatic heterocycles. The monoisotopic (exact) mass is 609 g/mol. The highest BCUT2D eigenvalue weighted by molar-refractivity contribution is 7.98. The number of carbonyl (C=O) groups excluding carboxylic acids is 1. The SMILES string of the molecule is COc1cc(OC)c(Cl)c(-c2cc3cnc(SC)nc3n(CCN3CCN(C(=O)OC(C)(C)C)CC3)c2=O)c1Cl. The van der Waals surface area contributed by atoms with Gasteiger partial charge in [0.15, 0.2) is 5.16 Å². The molecule has 3 aromatic rings. The Morgan fingerprint density at radius 1 is 1.02 bits per heavy atom. The van der Waals surface area contributed by atoms with Crippen LogP contribution in [0, 0.1) is 0 Å². The highest BCUT2D eigenvalue weighted by Crippen LogP contribution is 2.45. The Balaban J connectivity index is 1.68. The fourth-order valence-electron chi connectivity index (χ4n) is 4.47. The summed E-state index contributed by atoms with van der Waals surface area (Å²) in [6.07, 6.45) is 3.25. The number of pyridine rings is 1. The van der Waals surface area contributed by atoms with Crippen LogP contribution in [0.25, 0.3) is 22.2 Å². The Bertz CT molecular complexity index is 1440. The summed E-state index contributed by atoms with van der Waals surface area (Å²) in [5.41, 5.74) is 0.278. The van der Waals surface area contributed by atoms with Gasteiger partial charge in [0.2, 0.25) is 0 Å². The van der Waals surface area contributed by atoms with Crippen LogP contribution in [0.2, 0.25) is 10.0 Å². The summed E-state index contributed by atoms with van der Waals surface area (Å²) in [5, 5.41) is 1.63. The zero-order valence-corrected chi connectivity index (χ0v) is 25.7. The van der Waals surface area contributed by atoms with Crippen molar-refractivity contribution in [3.8, 4) is 22.6 Å². The van der Waals surface area contributed by atoms with Gasteiger partial charge in [-0.2, -0.15) is 0 Å². The molecule has 1 aromatic carbocycles. The molecule has 1 saturated heterocycles. The number of piperazine rings is 1. The molecule has 0 bridgehead atoms. The Labute approximate surface area is 247 Å². The Kier molecular flexibility index (Phi) is 9.39. The van der Waals surface area contributed by atoms with Crippen LogP contribution in [0.15, 0.2) is 28.3 Å². The van der Waals surface area contributed by atoms with Gasteiger partial charge in [0.05, 0.1) is 29.8 Å². The first-order chi connectivity index (χ1) is 19.0. The van der Waals surface area contributed by atoms with Crippen LogP contribution in [0.5, 0.6) is 11.5 Å². The van der Waals surface area contributed by atoms with Crippen LogP contribution in [0.3, 0.4) is 0 Å².